The molecule has 1 aliphatic heterocycles. The standard InChI is InChI=1S/C23H30N6O2S3/c1-16(2)22-27-20(21(33-22)19-7-8-24-23(26-19)25-9-14-32-3)17-5-4-6-18(15-17)28-34(30)29-10-12-31-13-11-29/h4-8,15-16,28H,9-14H2,1-3H3,(H,24,25,26). The minimum absolute atomic E-state index is 0.300. The number of benzene rings is 1. The van der Waals surface area contributed by atoms with Gasteiger partial charge in [-0.2, -0.15) is 11.8 Å². The highest BCUT2D eigenvalue weighted by atomic mass is 32.2. The number of hydrogen-bond donors (Lipinski definition) is 2. The van der Waals surface area contributed by atoms with E-state index in [0.29, 0.717) is 38.2 Å². The summed E-state index contributed by atoms with van der Waals surface area (Å²) in [5.74, 6) is 1.91. The van der Waals surface area contributed by atoms with Crippen LogP contribution in [0.3, 0.4) is 0 Å². The molecule has 4 rings (SSSR count). The maximum Gasteiger partial charge on any atom is 0.223 e. The molecule has 1 saturated heterocycles. The largest absolute Gasteiger partial charge is 0.379 e. The predicted molar refractivity (Wildman–Crippen MR) is 144 cm³/mol. The Hall–Kier alpha value is -2.05. The Morgan fingerprint density at radius 1 is 1.24 bits per heavy atom. The first kappa shape index (κ1) is 25.1. The lowest BCUT2D eigenvalue weighted by atomic mass is 10.1. The average Bonchev–Trinajstić information content (AvgIpc) is 3.31. The molecule has 1 fully saturated rings. The summed E-state index contributed by atoms with van der Waals surface area (Å²) in [4.78, 5) is 15.1. The maximum absolute atomic E-state index is 12.8. The number of thioether (sulfide) groups is 1. The fourth-order valence-corrected chi connectivity index (χ4v) is 5.70. The molecule has 11 heteroatoms. The molecule has 2 aromatic heterocycles. The van der Waals surface area contributed by atoms with E-state index in [9.17, 15) is 4.21 Å². The second-order valence-corrected chi connectivity index (χ2v) is 11.3. The van der Waals surface area contributed by atoms with Gasteiger partial charge in [0.25, 0.3) is 0 Å². The van der Waals surface area contributed by atoms with Gasteiger partial charge in [-0.3, -0.25) is 4.72 Å². The van der Waals surface area contributed by atoms with Crippen LogP contribution in [0.4, 0.5) is 11.6 Å². The zero-order chi connectivity index (χ0) is 23.9. The molecule has 1 atom stereocenters. The highest BCUT2D eigenvalue weighted by Crippen LogP contribution is 2.39. The van der Waals surface area contributed by atoms with Gasteiger partial charge in [-0.25, -0.2) is 23.5 Å². The lowest BCUT2D eigenvalue weighted by Gasteiger charge is -2.25. The van der Waals surface area contributed by atoms with E-state index in [2.05, 4.69) is 35.1 Å². The first-order valence-electron chi connectivity index (χ1n) is 11.2. The molecule has 0 bridgehead atoms. The molecule has 1 aliphatic rings. The number of morpholine rings is 1. The van der Waals surface area contributed by atoms with Gasteiger partial charge in [0.15, 0.2) is 11.2 Å². The van der Waals surface area contributed by atoms with Crippen LogP contribution in [0.1, 0.15) is 24.8 Å². The first-order valence-corrected chi connectivity index (χ1v) is 14.6. The summed E-state index contributed by atoms with van der Waals surface area (Å²) in [5.41, 5.74) is 3.46. The van der Waals surface area contributed by atoms with Crippen molar-refractivity contribution in [2.45, 2.75) is 19.8 Å². The molecule has 1 unspecified atom stereocenters. The molecule has 0 aliphatic carbocycles. The molecule has 3 aromatic rings. The number of nitrogens with one attached hydrogen (secondary N) is 2. The van der Waals surface area contributed by atoms with E-state index in [4.69, 9.17) is 14.7 Å². The van der Waals surface area contributed by atoms with Gasteiger partial charge in [0.1, 0.15) is 0 Å². The van der Waals surface area contributed by atoms with E-state index >= 15 is 0 Å². The van der Waals surface area contributed by atoms with Crippen LogP contribution >= 0.6 is 23.1 Å². The van der Waals surface area contributed by atoms with Gasteiger partial charge < -0.3 is 10.1 Å². The molecule has 3 heterocycles. The van der Waals surface area contributed by atoms with Crippen LogP contribution in [0.5, 0.6) is 0 Å². The van der Waals surface area contributed by atoms with Crippen molar-refractivity contribution in [3.8, 4) is 21.8 Å². The Bertz CT molecular complexity index is 1120. The third kappa shape index (κ3) is 6.33. The van der Waals surface area contributed by atoms with E-state index in [0.717, 1.165) is 44.8 Å². The van der Waals surface area contributed by atoms with E-state index in [1.807, 2.05) is 34.6 Å². The van der Waals surface area contributed by atoms with Crippen molar-refractivity contribution >= 4 is 45.9 Å². The minimum Gasteiger partial charge on any atom is -0.379 e. The summed E-state index contributed by atoms with van der Waals surface area (Å²) >= 11 is 2.12. The second kappa shape index (κ2) is 12.1. The van der Waals surface area contributed by atoms with E-state index < -0.39 is 11.2 Å². The van der Waals surface area contributed by atoms with E-state index in [1.54, 1.807) is 29.3 Å². The monoisotopic (exact) mass is 518 g/mol. The number of thiazole rings is 1. The molecule has 1 aromatic carbocycles. The van der Waals surface area contributed by atoms with E-state index in [1.165, 1.54) is 0 Å². The van der Waals surface area contributed by atoms with Crippen LogP contribution < -0.4 is 10.0 Å². The van der Waals surface area contributed by atoms with Gasteiger partial charge in [0.2, 0.25) is 5.95 Å². The van der Waals surface area contributed by atoms with Crippen LogP contribution in [0, 0.1) is 0 Å². The highest BCUT2D eigenvalue weighted by molar-refractivity contribution is 7.98. The molecule has 0 spiro atoms. The Morgan fingerprint density at radius 3 is 2.82 bits per heavy atom. The third-order valence-electron chi connectivity index (χ3n) is 5.16. The summed E-state index contributed by atoms with van der Waals surface area (Å²) in [7, 11) is 0. The van der Waals surface area contributed by atoms with Crippen LogP contribution in [0.2, 0.25) is 0 Å². The zero-order valence-electron chi connectivity index (χ0n) is 19.6. The fraction of sp³-hybridized carbons (Fsp3) is 0.435. The summed E-state index contributed by atoms with van der Waals surface area (Å²) in [5, 5.41) is 4.34. The molecular weight excluding hydrogens is 488 g/mol. The van der Waals surface area contributed by atoms with Crippen LogP contribution in [-0.2, 0) is 15.9 Å². The van der Waals surface area contributed by atoms with Gasteiger partial charge in [-0.15, -0.1) is 11.3 Å². The second-order valence-electron chi connectivity index (χ2n) is 8.04. The fourth-order valence-electron chi connectivity index (χ4n) is 3.40. The number of ether oxygens (including phenoxy) is 1. The topological polar surface area (TPSA) is 92.3 Å². The predicted octanol–water partition coefficient (Wildman–Crippen LogP) is 4.49. The van der Waals surface area contributed by atoms with Crippen molar-refractivity contribution in [2.24, 2.45) is 0 Å². The Morgan fingerprint density at radius 2 is 2.06 bits per heavy atom. The Balaban J connectivity index is 1.62. The normalized spacial score (nSPS) is 15.4. The van der Waals surface area contributed by atoms with Crippen LogP contribution in [0.15, 0.2) is 36.5 Å². The van der Waals surface area contributed by atoms with Crippen molar-refractivity contribution < 1.29 is 8.95 Å². The van der Waals surface area contributed by atoms with Gasteiger partial charge in [-0.1, -0.05) is 26.0 Å². The SMILES string of the molecule is CSCCNc1nccc(-c2sc(C(C)C)nc2-c2cccc(NS(=O)N3CCOCC3)c2)n1. The number of nitrogens with zero attached hydrogens (tertiary/aromatic N) is 4. The summed E-state index contributed by atoms with van der Waals surface area (Å²) in [6.45, 7) is 7.59. The quantitative estimate of drug-likeness (QED) is 0.382. The Labute approximate surface area is 211 Å². The maximum atomic E-state index is 12.8. The van der Waals surface area contributed by atoms with Gasteiger partial charge in [-0.05, 0) is 24.5 Å². The van der Waals surface area contributed by atoms with Crippen molar-refractivity contribution in [1.82, 2.24) is 19.3 Å². The smallest absolute Gasteiger partial charge is 0.223 e. The molecule has 8 nitrogen and oxygen atoms in total. The average molecular weight is 519 g/mol. The lowest BCUT2D eigenvalue weighted by Crippen LogP contribution is -2.39. The number of hydrogen-bond acceptors (Lipinski definition) is 8. The molecule has 34 heavy (non-hydrogen) atoms. The number of rotatable bonds is 10. The van der Waals surface area contributed by atoms with Gasteiger partial charge in [0, 0.05) is 48.8 Å². The zero-order valence-corrected chi connectivity index (χ0v) is 22.1. The number of aromatic nitrogens is 3. The first-order chi connectivity index (χ1) is 16.5. The van der Waals surface area contributed by atoms with Gasteiger partial charge >= 0.3 is 0 Å². The van der Waals surface area contributed by atoms with E-state index in [-0.39, 0.29) is 0 Å². The van der Waals surface area contributed by atoms with Crippen molar-refractivity contribution in [3.05, 3.63) is 41.5 Å². The molecular formula is C23H30N6O2S3. The highest BCUT2D eigenvalue weighted by Gasteiger charge is 2.20. The van der Waals surface area contributed by atoms with Crippen molar-refractivity contribution in [2.75, 3.05) is 54.9 Å². The minimum atomic E-state index is -1.32. The number of anilines is 2. The molecule has 182 valence electrons. The van der Waals surface area contributed by atoms with Crippen molar-refractivity contribution in [3.63, 3.8) is 0 Å². The summed E-state index contributed by atoms with van der Waals surface area (Å²) in [6.07, 6.45) is 3.86. The lowest BCUT2D eigenvalue weighted by molar-refractivity contribution is 0.0754. The van der Waals surface area contributed by atoms with Gasteiger partial charge in [0.05, 0.1) is 34.5 Å². The summed E-state index contributed by atoms with van der Waals surface area (Å²) < 4.78 is 23.1. The molecule has 0 radical (unpaired) electrons. The summed E-state index contributed by atoms with van der Waals surface area (Å²) in [6, 6.07) is 9.85. The molecule has 0 saturated carbocycles. The molecule has 2 N–H and O–H groups in total. The van der Waals surface area contributed by atoms with Crippen LogP contribution in [0.25, 0.3) is 21.8 Å². The van der Waals surface area contributed by atoms with Crippen molar-refractivity contribution in [1.29, 1.82) is 0 Å². The Kier molecular flexibility index (Phi) is 8.90. The van der Waals surface area contributed by atoms with Crippen LogP contribution in [-0.4, -0.2) is 68.3 Å². The molecule has 0 amide bonds. The third-order valence-corrected chi connectivity index (χ3v) is 8.40.